The largest absolute Gasteiger partial charge is 0.497 e. The van der Waals surface area contributed by atoms with E-state index in [-0.39, 0.29) is 0 Å². The summed E-state index contributed by atoms with van der Waals surface area (Å²) in [5, 5.41) is 0. The van der Waals surface area contributed by atoms with Crippen LogP contribution in [0.2, 0.25) is 0 Å². The molecule has 5 heteroatoms. The predicted octanol–water partition coefficient (Wildman–Crippen LogP) is 2.86. The van der Waals surface area contributed by atoms with Gasteiger partial charge in [-0.1, -0.05) is 12.1 Å². The summed E-state index contributed by atoms with van der Waals surface area (Å²) in [5.41, 5.74) is 2.00. The van der Waals surface area contributed by atoms with E-state index in [1.54, 1.807) is 13.3 Å². The van der Waals surface area contributed by atoms with E-state index in [4.69, 9.17) is 16.3 Å². The van der Waals surface area contributed by atoms with Gasteiger partial charge in [0, 0.05) is 19.8 Å². The Kier molecular flexibility index (Phi) is 4.58. The van der Waals surface area contributed by atoms with Gasteiger partial charge in [-0.05, 0) is 23.8 Å². The average molecular weight is 278 g/mol. The van der Waals surface area contributed by atoms with E-state index >= 15 is 0 Å². The number of rotatable bonds is 5. The highest BCUT2D eigenvalue weighted by molar-refractivity contribution is 6.16. The molecule has 1 heterocycles. The fourth-order valence-corrected chi connectivity index (χ4v) is 1.87. The first kappa shape index (κ1) is 13.6. The van der Waals surface area contributed by atoms with Crippen LogP contribution in [0.25, 0.3) is 0 Å². The Balaban J connectivity index is 2.08. The molecule has 0 amide bonds. The minimum Gasteiger partial charge on any atom is -0.497 e. The van der Waals surface area contributed by atoms with Gasteiger partial charge in [0.1, 0.15) is 5.75 Å². The molecular weight excluding hydrogens is 262 g/mol. The second-order valence-corrected chi connectivity index (χ2v) is 4.45. The molecule has 1 aromatic carbocycles. The molecule has 0 atom stereocenters. The van der Waals surface area contributed by atoms with Crippen LogP contribution in [-0.4, -0.2) is 24.1 Å². The van der Waals surface area contributed by atoms with E-state index in [2.05, 4.69) is 9.97 Å². The topological polar surface area (TPSA) is 38.2 Å². The van der Waals surface area contributed by atoms with E-state index in [0.29, 0.717) is 11.8 Å². The number of benzene rings is 1. The molecule has 0 fully saturated rings. The molecule has 2 aromatic rings. The normalized spacial score (nSPS) is 10.3. The van der Waals surface area contributed by atoms with E-state index in [1.165, 1.54) is 5.56 Å². The molecule has 0 aliphatic heterocycles. The molecule has 0 saturated carbocycles. The van der Waals surface area contributed by atoms with Gasteiger partial charge in [-0.25, -0.2) is 9.97 Å². The van der Waals surface area contributed by atoms with Crippen LogP contribution in [-0.2, 0) is 12.4 Å². The van der Waals surface area contributed by atoms with Gasteiger partial charge in [-0.15, -0.1) is 11.6 Å². The second-order valence-electron chi connectivity index (χ2n) is 4.19. The molecule has 19 heavy (non-hydrogen) atoms. The van der Waals surface area contributed by atoms with Crippen molar-refractivity contribution in [3.8, 4) is 5.75 Å². The van der Waals surface area contributed by atoms with Crippen LogP contribution in [0.4, 0.5) is 5.95 Å². The van der Waals surface area contributed by atoms with Gasteiger partial charge in [-0.3, -0.25) is 0 Å². The first-order chi connectivity index (χ1) is 9.22. The fraction of sp³-hybridized carbons (Fsp3) is 0.286. The third-order valence-electron chi connectivity index (χ3n) is 2.76. The molecule has 0 spiro atoms. The predicted molar refractivity (Wildman–Crippen MR) is 76.7 cm³/mol. The highest BCUT2D eigenvalue weighted by atomic mass is 35.5. The number of aromatic nitrogens is 2. The van der Waals surface area contributed by atoms with E-state index in [9.17, 15) is 0 Å². The van der Waals surface area contributed by atoms with Crippen molar-refractivity contribution in [1.82, 2.24) is 9.97 Å². The average Bonchev–Trinajstić information content (AvgIpc) is 2.48. The van der Waals surface area contributed by atoms with Crippen LogP contribution in [0.5, 0.6) is 5.75 Å². The van der Waals surface area contributed by atoms with Crippen molar-refractivity contribution in [2.45, 2.75) is 12.4 Å². The van der Waals surface area contributed by atoms with Crippen molar-refractivity contribution in [1.29, 1.82) is 0 Å². The zero-order valence-electron chi connectivity index (χ0n) is 11.0. The van der Waals surface area contributed by atoms with Gasteiger partial charge in [0.2, 0.25) is 5.95 Å². The van der Waals surface area contributed by atoms with Crippen molar-refractivity contribution in [2.24, 2.45) is 0 Å². The SMILES string of the molecule is COc1ccc(CN(C)c2nccc(CCl)n2)cc1. The number of ether oxygens (including phenoxy) is 1. The van der Waals surface area contributed by atoms with Gasteiger partial charge in [-0.2, -0.15) is 0 Å². The highest BCUT2D eigenvalue weighted by Gasteiger charge is 2.06. The Hall–Kier alpha value is -1.81. The van der Waals surface area contributed by atoms with Gasteiger partial charge in [0.15, 0.2) is 0 Å². The standard InChI is InChI=1S/C14H16ClN3O/c1-18(14-16-8-7-12(9-15)17-14)10-11-3-5-13(19-2)6-4-11/h3-8H,9-10H2,1-2H3. The number of nitrogens with zero attached hydrogens (tertiary/aromatic N) is 3. The van der Waals surface area contributed by atoms with E-state index in [1.807, 2.05) is 42.3 Å². The van der Waals surface area contributed by atoms with Gasteiger partial charge < -0.3 is 9.64 Å². The number of halogens is 1. The quantitative estimate of drug-likeness (QED) is 0.788. The number of alkyl halides is 1. The Morgan fingerprint density at radius 3 is 2.58 bits per heavy atom. The highest BCUT2D eigenvalue weighted by Crippen LogP contribution is 2.15. The monoisotopic (exact) mass is 277 g/mol. The third kappa shape index (κ3) is 3.58. The second kappa shape index (κ2) is 6.38. The molecule has 0 bridgehead atoms. The fourth-order valence-electron chi connectivity index (χ4n) is 1.72. The van der Waals surface area contributed by atoms with Gasteiger partial charge in [0.25, 0.3) is 0 Å². The molecule has 100 valence electrons. The van der Waals surface area contributed by atoms with Crippen molar-refractivity contribution < 1.29 is 4.74 Å². The third-order valence-corrected chi connectivity index (χ3v) is 3.03. The lowest BCUT2D eigenvalue weighted by Gasteiger charge is -2.17. The lowest BCUT2D eigenvalue weighted by atomic mass is 10.2. The number of hydrogen-bond donors (Lipinski definition) is 0. The minimum atomic E-state index is 0.395. The van der Waals surface area contributed by atoms with Gasteiger partial charge >= 0.3 is 0 Å². The molecular formula is C14H16ClN3O. The van der Waals surface area contributed by atoms with Crippen LogP contribution in [0.15, 0.2) is 36.5 Å². The number of methoxy groups -OCH3 is 1. The molecule has 0 aliphatic rings. The summed E-state index contributed by atoms with van der Waals surface area (Å²) in [7, 11) is 3.62. The van der Waals surface area contributed by atoms with Crippen molar-refractivity contribution in [2.75, 3.05) is 19.1 Å². The van der Waals surface area contributed by atoms with Crippen LogP contribution >= 0.6 is 11.6 Å². The first-order valence-electron chi connectivity index (χ1n) is 5.95. The molecule has 1 aromatic heterocycles. The lowest BCUT2D eigenvalue weighted by Crippen LogP contribution is -2.19. The lowest BCUT2D eigenvalue weighted by molar-refractivity contribution is 0.414. The van der Waals surface area contributed by atoms with Gasteiger partial charge in [0.05, 0.1) is 18.7 Å². The molecule has 0 saturated heterocycles. The molecule has 0 aliphatic carbocycles. The van der Waals surface area contributed by atoms with Crippen LogP contribution in [0.3, 0.4) is 0 Å². The smallest absolute Gasteiger partial charge is 0.225 e. The van der Waals surface area contributed by atoms with Crippen molar-refractivity contribution in [3.05, 3.63) is 47.8 Å². The minimum absolute atomic E-state index is 0.395. The Morgan fingerprint density at radius 2 is 1.95 bits per heavy atom. The molecule has 2 rings (SSSR count). The summed E-state index contributed by atoms with van der Waals surface area (Å²) in [6.45, 7) is 0.732. The maximum Gasteiger partial charge on any atom is 0.225 e. The first-order valence-corrected chi connectivity index (χ1v) is 6.48. The van der Waals surface area contributed by atoms with Crippen LogP contribution < -0.4 is 9.64 Å². The van der Waals surface area contributed by atoms with Crippen molar-refractivity contribution >= 4 is 17.5 Å². The Labute approximate surface area is 118 Å². The molecule has 4 nitrogen and oxygen atoms in total. The Morgan fingerprint density at radius 1 is 1.21 bits per heavy atom. The molecule has 0 unspecified atom stereocenters. The molecule has 0 radical (unpaired) electrons. The Bertz CT molecular complexity index is 530. The van der Waals surface area contributed by atoms with E-state index < -0.39 is 0 Å². The summed E-state index contributed by atoms with van der Waals surface area (Å²) in [6.07, 6.45) is 1.73. The maximum absolute atomic E-state index is 5.77. The number of anilines is 1. The summed E-state index contributed by atoms with van der Waals surface area (Å²) < 4.78 is 5.14. The number of hydrogen-bond acceptors (Lipinski definition) is 4. The zero-order chi connectivity index (χ0) is 13.7. The van der Waals surface area contributed by atoms with E-state index in [0.717, 1.165) is 18.0 Å². The van der Waals surface area contributed by atoms with Crippen molar-refractivity contribution in [3.63, 3.8) is 0 Å². The summed E-state index contributed by atoms with van der Waals surface area (Å²) in [5.74, 6) is 1.92. The maximum atomic E-state index is 5.77. The van der Waals surface area contributed by atoms with Crippen LogP contribution in [0.1, 0.15) is 11.3 Å². The summed E-state index contributed by atoms with van der Waals surface area (Å²) >= 11 is 5.77. The van der Waals surface area contributed by atoms with Crippen LogP contribution in [0, 0.1) is 0 Å². The zero-order valence-corrected chi connectivity index (χ0v) is 11.8. The molecule has 0 N–H and O–H groups in total. The summed E-state index contributed by atoms with van der Waals surface area (Å²) in [4.78, 5) is 10.6. The summed E-state index contributed by atoms with van der Waals surface area (Å²) in [6, 6.07) is 9.76.